The zero-order chi connectivity index (χ0) is 10.9. The molecule has 0 radical (unpaired) electrons. The van der Waals surface area contributed by atoms with E-state index in [4.69, 9.17) is 0 Å². The topological polar surface area (TPSA) is 83.3 Å². The number of rotatable bonds is 2. The Morgan fingerprint density at radius 2 is 2.07 bits per heavy atom. The van der Waals surface area contributed by atoms with Crippen LogP contribution in [-0.2, 0) is 0 Å². The highest BCUT2D eigenvalue weighted by molar-refractivity contribution is 9.10. The quantitative estimate of drug-likeness (QED) is 0.585. The average Bonchev–Trinajstić information content (AvgIpc) is 2.08. The van der Waals surface area contributed by atoms with Crippen LogP contribution in [0.25, 0.3) is 0 Å². The second-order valence-electron chi connectivity index (χ2n) is 2.33. The molecule has 0 saturated carbocycles. The summed E-state index contributed by atoms with van der Waals surface area (Å²) in [4.78, 5) is 19.8. The molecule has 0 heterocycles. The fourth-order valence-corrected chi connectivity index (χ4v) is 1.19. The lowest BCUT2D eigenvalue weighted by Gasteiger charge is -2.04. The fraction of sp³-hybridized carbons (Fsp3) is 0. The molecular formula is C7H2BrFNO4-. The molecule has 7 heteroatoms. The first-order valence-electron chi connectivity index (χ1n) is 3.28. The third-order valence-corrected chi connectivity index (χ3v) is 2.06. The predicted octanol–water partition coefficient (Wildman–Crippen LogP) is 0.860. The van der Waals surface area contributed by atoms with Gasteiger partial charge in [0.15, 0.2) is 0 Å². The van der Waals surface area contributed by atoms with Gasteiger partial charge in [0.2, 0.25) is 0 Å². The number of hydrogen-bond acceptors (Lipinski definition) is 4. The van der Waals surface area contributed by atoms with Gasteiger partial charge < -0.3 is 9.90 Å². The van der Waals surface area contributed by atoms with E-state index in [2.05, 4.69) is 15.9 Å². The van der Waals surface area contributed by atoms with Gasteiger partial charge in [-0.1, -0.05) is 0 Å². The summed E-state index contributed by atoms with van der Waals surface area (Å²) >= 11 is 2.71. The van der Waals surface area contributed by atoms with E-state index in [1.807, 2.05) is 0 Å². The molecule has 0 aliphatic carbocycles. The van der Waals surface area contributed by atoms with E-state index in [1.165, 1.54) is 0 Å². The minimum absolute atomic E-state index is 0.165. The molecule has 14 heavy (non-hydrogen) atoms. The summed E-state index contributed by atoms with van der Waals surface area (Å²) in [5.74, 6) is -2.63. The van der Waals surface area contributed by atoms with Gasteiger partial charge >= 0.3 is 0 Å². The van der Waals surface area contributed by atoms with Crippen LogP contribution in [0.5, 0.6) is 0 Å². The molecule has 0 aliphatic rings. The molecule has 0 aliphatic heterocycles. The zero-order valence-electron chi connectivity index (χ0n) is 6.49. The van der Waals surface area contributed by atoms with Gasteiger partial charge in [-0.05, 0) is 22.0 Å². The van der Waals surface area contributed by atoms with Crippen molar-refractivity contribution in [1.29, 1.82) is 0 Å². The van der Waals surface area contributed by atoms with Crippen LogP contribution in [0.2, 0.25) is 0 Å². The molecule has 0 aromatic heterocycles. The fourth-order valence-electron chi connectivity index (χ4n) is 0.851. The normalized spacial score (nSPS) is 9.86. The Balaban J connectivity index is 3.46. The van der Waals surface area contributed by atoms with Gasteiger partial charge in [-0.15, -0.1) is 0 Å². The summed E-state index contributed by atoms with van der Waals surface area (Å²) in [6, 6.07) is 1.32. The van der Waals surface area contributed by atoms with Gasteiger partial charge in [0, 0.05) is 0 Å². The largest absolute Gasteiger partial charge is 0.545 e. The molecule has 0 bridgehead atoms. The first kappa shape index (κ1) is 10.6. The standard InChI is InChI=1S/C7H3BrFNO4/c8-4-1-3(7(11)12)6(10(13)14)2-5(4)9/h1-2H,(H,11,12)/p-1. The van der Waals surface area contributed by atoms with Gasteiger partial charge in [-0.25, -0.2) is 4.39 Å². The molecule has 0 N–H and O–H groups in total. The smallest absolute Gasteiger partial charge is 0.281 e. The molecule has 74 valence electrons. The van der Waals surface area contributed by atoms with E-state index >= 15 is 0 Å². The van der Waals surface area contributed by atoms with Crippen LogP contribution in [0.4, 0.5) is 10.1 Å². The van der Waals surface area contributed by atoms with Crippen LogP contribution >= 0.6 is 15.9 Å². The van der Waals surface area contributed by atoms with Gasteiger partial charge in [0.25, 0.3) is 5.69 Å². The van der Waals surface area contributed by atoms with E-state index in [0.29, 0.717) is 6.07 Å². The highest BCUT2D eigenvalue weighted by atomic mass is 79.9. The van der Waals surface area contributed by atoms with E-state index in [0.717, 1.165) is 6.07 Å². The highest BCUT2D eigenvalue weighted by Crippen LogP contribution is 2.25. The Bertz CT molecular complexity index is 381. The molecule has 0 unspecified atom stereocenters. The maximum atomic E-state index is 12.8. The minimum atomic E-state index is -1.72. The maximum absolute atomic E-state index is 12.8. The first-order chi connectivity index (χ1) is 6.43. The summed E-state index contributed by atoms with van der Waals surface area (Å²) in [5.41, 5.74) is -1.49. The van der Waals surface area contributed by atoms with Crippen molar-refractivity contribution < 1.29 is 19.2 Å². The van der Waals surface area contributed by atoms with Crippen molar-refractivity contribution in [3.63, 3.8) is 0 Å². The predicted molar refractivity (Wildman–Crippen MR) is 45.1 cm³/mol. The second kappa shape index (κ2) is 3.70. The third kappa shape index (κ3) is 1.87. The van der Waals surface area contributed by atoms with Crippen molar-refractivity contribution in [3.05, 3.63) is 38.1 Å². The summed E-state index contributed by atoms with van der Waals surface area (Å²) in [5, 5.41) is 20.8. The lowest BCUT2D eigenvalue weighted by molar-refractivity contribution is -0.386. The zero-order valence-corrected chi connectivity index (χ0v) is 8.08. The monoisotopic (exact) mass is 262 g/mol. The number of aromatic carboxylic acids is 1. The lowest BCUT2D eigenvalue weighted by atomic mass is 10.2. The number of nitro benzene ring substituents is 1. The van der Waals surface area contributed by atoms with E-state index in [9.17, 15) is 24.4 Å². The SMILES string of the molecule is O=C([O-])c1cc(Br)c(F)cc1[N+](=O)[O-]. The number of nitrogens with zero attached hydrogens (tertiary/aromatic N) is 1. The van der Waals surface area contributed by atoms with Crippen molar-refractivity contribution in [2.75, 3.05) is 0 Å². The molecule has 1 rings (SSSR count). The van der Waals surface area contributed by atoms with Crippen LogP contribution in [0, 0.1) is 15.9 Å². The van der Waals surface area contributed by atoms with Gasteiger partial charge in [0.1, 0.15) is 5.82 Å². The molecule has 0 saturated heterocycles. The Morgan fingerprint density at radius 3 is 2.50 bits per heavy atom. The maximum Gasteiger partial charge on any atom is 0.281 e. The van der Waals surface area contributed by atoms with Gasteiger partial charge in [-0.2, -0.15) is 0 Å². The van der Waals surface area contributed by atoms with Crippen LogP contribution < -0.4 is 5.11 Å². The molecule has 1 aromatic carbocycles. The second-order valence-corrected chi connectivity index (χ2v) is 3.18. The molecule has 5 nitrogen and oxygen atoms in total. The minimum Gasteiger partial charge on any atom is -0.545 e. The van der Waals surface area contributed by atoms with Crippen LogP contribution in [-0.4, -0.2) is 10.9 Å². The number of halogens is 2. The van der Waals surface area contributed by atoms with Crippen LogP contribution in [0.15, 0.2) is 16.6 Å². The number of carboxylic acid groups (broad SMARTS) is 1. The molecule has 0 amide bonds. The van der Waals surface area contributed by atoms with Crippen molar-refractivity contribution in [1.82, 2.24) is 0 Å². The van der Waals surface area contributed by atoms with Crippen molar-refractivity contribution in [2.45, 2.75) is 0 Å². The van der Waals surface area contributed by atoms with Crippen LogP contribution in [0.3, 0.4) is 0 Å². The molecule has 0 atom stereocenters. The average molecular weight is 263 g/mol. The Hall–Kier alpha value is -1.50. The number of carbonyl (C=O) groups is 1. The number of nitro groups is 1. The Kier molecular flexibility index (Phi) is 2.80. The summed E-state index contributed by atoms with van der Waals surface area (Å²) < 4.78 is 12.7. The van der Waals surface area contributed by atoms with Gasteiger partial charge in [-0.3, -0.25) is 10.1 Å². The van der Waals surface area contributed by atoms with E-state index in [-0.39, 0.29) is 4.47 Å². The lowest BCUT2D eigenvalue weighted by Crippen LogP contribution is -2.23. The van der Waals surface area contributed by atoms with Crippen molar-refractivity contribution in [2.24, 2.45) is 0 Å². The van der Waals surface area contributed by atoms with E-state index in [1.54, 1.807) is 0 Å². The van der Waals surface area contributed by atoms with Crippen molar-refractivity contribution in [3.8, 4) is 0 Å². The highest BCUT2D eigenvalue weighted by Gasteiger charge is 2.17. The van der Waals surface area contributed by atoms with Crippen LogP contribution in [0.1, 0.15) is 10.4 Å². The molecule has 1 aromatic rings. The first-order valence-corrected chi connectivity index (χ1v) is 4.07. The molecule has 0 spiro atoms. The summed E-state index contributed by atoms with van der Waals surface area (Å²) in [7, 11) is 0. The number of carbonyl (C=O) groups excluding carboxylic acids is 1. The summed E-state index contributed by atoms with van der Waals surface area (Å²) in [6.45, 7) is 0. The third-order valence-electron chi connectivity index (χ3n) is 1.46. The Morgan fingerprint density at radius 1 is 1.50 bits per heavy atom. The van der Waals surface area contributed by atoms with E-state index < -0.39 is 28.0 Å². The summed E-state index contributed by atoms with van der Waals surface area (Å²) in [6.07, 6.45) is 0. The van der Waals surface area contributed by atoms with Gasteiger partial charge in [0.05, 0.1) is 27.0 Å². The number of benzene rings is 1. The molecular weight excluding hydrogens is 261 g/mol. The Labute approximate surface area is 85.4 Å². The number of carboxylic acids is 1. The van der Waals surface area contributed by atoms with Crippen molar-refractivity contribution >= 4 is 27.6 Å². The number of hydrogen-bond donors (Lipinski definition) is 0. The molecule has 0 fully saturated rings.